The number of carbonyl (C=O) groups is 1. The molecule has 0 radical (unpaired) electrons. The first-order valence-electron chi connectivity index (χ1n) is 14.8. The van der Waals surface area contributed by atoms with Crippen LogP contribution in [0.2, 0.25) is 0 Å². The Morgan fingerprint density at radius 2 is 1.94 bits per heavy atom. The highest BCUT2D eigenvalue weighted by molar-refractivity contribution is 7.52. The Bertz CT molecular complexity index is 1640. The van der Waals surface area contributed by atoms with E-state index in [2.05, 4.69) is 26.8 Å². The monoisotopic (exact) mass is 674 g/mol. The lowest BCUT2D eigenvalue weighted by Crippen LogP contribution is -2.52. The van der Waals surface area contributed by atoms with Crippen molar-refractivity contribution in [3.05, 3.63) is 42.5 Å². The molecule has 3 aromatic rings. The number of nitrogens with one attached hydrogen (secondary N) is 1. The van der Waals surface area contributed by atoms with Gasteiger partial charge in [0, 0.05) is 12.4 Å². The van der Waals surface area contributed by atoms with Gasteiger partial charge in [-0.15, -0.1) is 0 Å². The van der Waals surface area contributed by atoms with Crippen LogP contribution in [0.1, 0.15) is 34.6 Å². The number of methoxy groups -OCH3 is 1. The van der Waals surface area contributed by atoms with Crippen molar-refractivity contribution in [3.8, 4) is 11.6 Å². The molecule has 256 valence electrons. The van der Waals surface area contributed by atoms with Crippen LogP contribution >= 0.6 is 7.75 Å². The molecule has 1 aromatic heterocycles. The van der Waals surface area contributed by atoms with Crippen molar-refractivity contribution in [1.82, 2.24) is 15.1 Å². The van der Waals surface area contributed by atoms with E-state index in [1.54, 1.807) is 24.3 Å². The van der Waals surface area contributed by atoms with E-state index in [1.165, 1.54) is 32.9 Å². The lowest BCUT2D eigenvalue weighted by molar-refractivity contribution is -0.148. The Kier molecular flexibility index (Phi) is 10.8. The van der Waals surface area contributed by atoms with Gasteiger partial charge < -0.3 is 39.6 Å². The van der Waals surface area contributed by atoms with Crippen LogP contribution in [0.3, 0.4) is 0 Å². The molecule has 2 heterocycles. The SMILES string of the molecule is C=Nc1c(OC)nc(N)nc1N(C)[C@@H]1O[C@H](COP(=O)(N[C@@H](C)C(=O)OCC(C)(C)C)Oc2cccc3ccccc23)[C@@H](O)[C@@]1(C)O. The van der Waals surface area contributed by atoms with Gasteiger partial charge in [0.25, 0.3) is 0 Å². The van der Waals surface area contributed by atoms with Crippen LogP contribution in [0.15, 0.2) is 47.5 Å². The van der Waals surface area contributed by atoms with Gasteiger partial charge in [0.2, 0.25) is 11.8 Å². The molecular formula is C31H43N6O9P. The fourth-order valence-electron chi connectivity index (χ4n) is 4.96. The summed E-state index contributed by atoms with van der Waals surface area (Å²) < 4.78 is 42.9. The van der Waals surface area contributed by atoms with E-state index in [4.69, 9.17) is 29.0 Å². The molecular weight excluding hydrogens is 631 g/mol. The van der Waals surface area contributed by atoms with E-state index in [1.807, 2.05) is 39.0 Å². The smallest absolute Gasteiger partial charge is 0.459 e. The van der Waals surface area contributed by atoms with Gasteiger partial charge in [0.1, 0.15) is 29.6 Å². The van der Waals surface area contributed by atoms with E-state index in [0.29, 0.717) is 5.39 Å². The summed E-state index contributed by atoms with van der Waals surface area (Å²) in [5, 5.41) is 26.7. The van der Waals surface area contributed by atoms with Gasteiger partial charge >= 0.3 is 13.7 Å². The molecule has 5 N–H and O–H groups in total. The summed E-state index contributed by atoms with van der Waals surface area (Å²) in [5.74, 6) is -0.427. The largest absolute Gasteiger partial charge is 0.479 e. The number of likely N-dealkylation sites (N-methyl/N-ethyl adjacent to an activating group) is 1. The van der Waals surface area contributed by atoms with Crippen LogP contribution in [-0.4, -0.2) is 90.3 Å². The summed E-state index contributed by atoms with van der Waals surface area (Å²) >= 11 is 0. The van der Waals surface area contributed by atoms with Gasteiger partial charge in [0.05, 0.1) is 20.3 Å². The second-order valence-corrected chi connectivity index (χ2v) is 14.3. The summed E-state index contributed by atoms with van der Waals surface area (Å²) in [4.78, 5) is 26.4. The Morgan fingerprint density at radius 1 is 1.26 bits per heavy atom. The van der Waals surface area contributed by atoms with E-state index in [9.17, 15) is 19.6 Å². The van der Waals surface area contributed by atoms with E-state index in [-0.39, 0.29) is 41.1 Å². The summed E-state index contributed by atoms with van der Waals surface area (Å²) in [7, 11) is -1.48. The van der Waals surface area contributed by atoms with Crippen LogP contribution in [0.25, 0.3) is 10.8 Å². The molecule has 2 aromatic carbocycles. The van der Waals surface area contributed by atoms with Gasteiger partial charge in [-0.25, -0.2) is 4.57 Å². The van der Waals surface area contributed by atoms with Gasteiger partial charge in [0.15, 0.2) is 17.7 Å². The molecule has 1 saturated heterocycles. The zero-order chi connectivity index (χ0) is 34.7. The van der Waals surface area contributed by atoms with E-state index >= 15 is 0 Å². The topological polar surface area (TPSA) is 200 Å². The molecule has 15 nitrogen and oxygen atoms in total. The fraction of sp³-hybridized carbons (Fsp3) is 0.484. The number of esters is 1. The van der Waals surface area contributed by atoms with Gasteiger partial charge in [-0.2, -0.15) is 15.1 Å². The number of anilines is 2. The van der Waals surface area contributed by atoms with Crippen LogP contribution in [-0.2, 0) is 23.4 Å². The van der Waals surface area contributed by atoms with Gasteiger partial charge in [-0.3, -0.25) is 14.3 Å². The van der Waals surface area contributed by atoms with Gasteiger partial charge in [-0.1, -0.05) is 57.2 Å². The average Bonchev–Trinajstić information content (AvgIpc) is 3.25. The number of hydrogen-bond acceptors (Lipinski definition) is 14. The highest BCUT2D eigenvalue weighted by atomic mass is 31.2. The van der Waals surface area contributed by atoms with E-state index in [0.717, 1.165) is 5.39 Å². The van der Waals surface area contributed by atoms with Crippen LogP contribution in [0.5, 0.6) is 11.6 Å². The van der Waals surface area contributed by atoms with Crippen LogP contribution in [0.4, 0.5) is 17.5 Å². The summed E-state index contributed by atoms with van der Waals surface area (Å²) in [5.41, 5.74) is 3.78. The minimum absolute atomic E-state index is 0.0418. The number of carbonyl (C=O) groups excluding carboxylic acids is 1. The molecule has 1 fully saturated rings. The molecule has 0 bridgehead atoms. The van der Waals surface area contributed by atoms with Crippen molar-refractivity contribution in [3.63, 3.8) is 0 Å². The maximum Gasteiger partial charge on any atom is 0.459 e. The van der Waals surface area contributed by atoms with Crippen molar-refractivity contribution in [2.45, 2.75) is 64.7 Å². The number of ether oxygens (including phenoxy) is 3. The zero-order valence-corrected chi connectivity index (χ0v) is 28.4. The Morgan fingerprint density at radius 3 is 2.60 bits per heavy atom. The number of aliphatic hydroxyl groups excluding tert-OH is 1. The first-order chi connectivity index (χ1) is 22.0. The van der Waals surface area contributed by atoms with Crippen molar-refractivity contribution < 1.29 is 42.8 Å². The second-order valence-electron chi connectivity index (χ2n) is 12.6. The molecule has 16 heteroatoms. The highest BCUT2D eigenvalue weighted by Crippen LogP contribution is 2.48. The lowest BCUT2D eigenvalue weighted by Gasteiger charge is -2.34. The third-order valence-electron chi connectivity index (χ3n) is 7.37. The predicted octanol–water partition coefficient (Wildman–Crippen LogP) is 3.60. The standard InChI is InChI=1S/C31H43N6O9P/c1-18(27(39)43-17-30(2,3)4)36-47(41,46-21-15-11-13-19-12-9-10-14-20(19)21)44-16-22-24(38)31(5,40)28(45-22)37(7)25-23(33-6)26(42-8)35-29(32)34-25/h9-15,18,22,24,28,38,40H,6,16-17H2,1-5,7-8H3,(H,36,41)(H2,32,34,35)/t18-,22+,24+,28+,31+,47?/m0/s1. The van der Waals surface area contributed by atoms with Crippen molar-refractivity contribution >= 4 is 48.7 Å². The lowest BCUT2D eigenvalue weighted by atomic mass is 9.96. The Labute approximate surface area is 273 Å². The molecule has 1 aliphatic heterocycles. The first-order valence-corrected chi connectivity index (χ1v) is 16.4. The molecule has 6 atom stereocenters. The number of fused-ring (bicyclic) bond motifs is 1. The Hall–Kier alpha value is -3.85. The minimum Gasteiger partial charge on any atom is -0.479 e. The molecule has 0 spiro atoms. The number of aliphatic imine (C=N–C) groups is 1. The number of aromatic nitrogens is 2. The predicted molar refractivity (Wildman–Crippen MR) is 177 cm³/mol. The number of nitrogen functional groups attached to an aromatic ring is 1. The maximum absolute atomic E-state index is 14.4. The quantitative estimate of drug-likeness (QED) is 0.116. The summed E-state index contributed by atoms with van der Waals surface area (Å²) in [6.45, 7) is 11.7. The second kappa shape index (κ2) is 14.1. The molecule has 1 aliphatic rings. The summed E-state index contributed by atoms with van der Waals surface area (Å²) in [6.07, 6.45) is -4.01. The van der Waals surface area contributed by atoms with Crippen molar-refractivity contribution in [2.75, 3.05) is 38.0 Å². The molecule has 4 rings (SSSR count). The molecule has 47 heavy (non-hydrogen) atoms. The van der Waals surface area contributed by atoms with Crippen molar-refractivity contribution in [2.24, 2.45) is 10.4 Å². The maximum atomic E-state index is 14.4. The number of nitrogens with two attached hydrogens (primary N) is 1. The normalized spacial score (nSPS) is 23.1. The van der Waals surface area contributed by atoms with Gasteiger partial charge in [-0.05, 0) is 37.4 Å². The minimum atomic E-state index is -4.39. The molecule has 0 saturated carbocycles. The van der Waals surface area contributed by atoms with E-state index < -0.39 is 50.4 Å². The number of rotatable bonds is 13. The molecule has 0 aliphatic carbocycles. The molecule has 0 amide bonds. The summed E-state index contributed by atoms with van der Waals surface area (Å²) in [6, 6.07) is 11.4. The average molecular weight is 675 g/mol. The molecule has 1 unspecified atom stereocenters. The Balaban J connectivity index is 1.60. The van der Waals surface area contributed by atoms with Crippen LogP contribution < -0.4 is 25.0 Å². The number of nitrogens with zero attached hydrogens (tertiary/aromatic N) is 4. The number of hydrogen-bond donors (Lipinski definition) is 4. The fourth-order valence-corrected chi connectivity index (χ4v) is 6.48. The highest BCUT2D eigenvalue weighted by Gasteiger charge is 2.55. The number of aliphatic hydroxyl groups is 2. The third-order valence-corrected chi connectivity index (χ3v) is 9.00. The number of benzene rings is 2. The third kappa shape index (κ3) is 8.18. The first kappa shape index (κ1) is 36.0. The zero-order valence-electron chi connectivity index (χ0n) is 27.5. The van der Waals surface area contributed by atoms with Crippen LogP contribution in [0, 0.1) is 5.41 Å². The van der Waals surface area contributed by atoms with Crippen molar-refractivity contribution in [1.29, 1.82) is 0 Å².